The fraction of sp³-hybridized carbons (Fsp3) is 0.368. The van der Waals surface area contributed by atoms with Crippen LogP contribution in [0.2, 0.25) is 0 Å². The Kier molecular flexibility index (Phi) is 4.45. The monoisotopic (exact) mass is 338 g/mol. The summed E-state index contributed by atoms with van der Waals surface area (Å²) in [5.74, 6) is 1.94. The molecule has 0 saturated carbocycles. The summed E-state index contributed by atoms with van der Waals surface area (Å²) in [6, 6.07) is 7.00. The van der Waals surface area contributed by atoms with Crippen molar-refractivity contribution in [2.24, 2.45) is 0 Å². The molecule has 3 heterocycles. The Balaban J connectivity index is 1.50. The topological polar surface area (TPSA) is 42.7 Å². The first kappa shape index (κ1) is 15.5. The number of fused-ring (bicyclic) bond motifs is 1. The Labute approximate surface area is 146 Å². The minimum atomic E-state index is 0.540. The molecule has 5 heteroatoms. The molecule has 1 atom stereocenters. The molecule has 4 rings (SSSR count). The number of nitrogens with zero attached hydrogens (tertiary/aromatic N) is 3. The van der Waals surface area contributed by atoms with Gasteiger partial charge in [0, 0.05) is 41.6 Å². The van der Waals surface area contributed by atoms with Crippen LogP contribution in [0, 0.1) is 6.92 Å². The molecule has 1 aliphatic rings. The molecule has 1 unspecified atom stereocenters. The minimum absolute atomic E-state index is 0.540. The van der Waals surface area contributed by atoms with Gasteiger partial charge in [-0.2, -0.15) is 0 Å². The quantitative estimate of drug-likeness (QED) is 0.738. The lowest BCUT2D eigenvalue weighted by molar-refractivity contribution is 0.474. The van der Waals surface area contributed by atoms with E-state index in [1.165, 1.54) is 30.4 Å². The van der Waals surface area contributed by atoms with Crippen molar-refractivity contribution in [1.82, 2.24) is 19.9 Å². The summed E-state index contributed by atoms with van der Waals surface area (Å²) in [5.41, 5.74) is 2.75. The van der Waals surface area contributed by atoms with Crippen LogP contribution in [0.1, 0.15) is 34.7 Å². The third-order valence-corrected chi connectivity index (χ3v) is 5.79. The van der Waals surface area contributed by atoms with Gasteiger partial charge in [0.2, 0.25) is 0 Å². The number of nitrogens with one attached hydrogen (secondary N) is 1. The second-order valence-corrected chi connectivity index (χ2v) is 7.37. The van der Waals surface area contributed by atoms with Crippen LogP contribution in [0.5, 0.6) is 0 Å². The summed E-state index contributed by atoms with van der Waals surface area (Å²) >= 11 is 1.91. The van der Waals surface area contributed by atoms with E-state index >= 15 is 0 Å². The molecule has 0 radical (unpaired) electrons. The van der Waals surface area contributed by atoms with Gasteiger partial charge < -0.3 is 5.32 Å². The van der Waals surface area contributed by atoms with E-state index in [0.717, 1.165) is 24.6 Å². The van der Waals surface area contributed by atoms with E-state index in [1.54, 1.807) is 4.88 Å². The number of imidazole rings is 1. The lowest BCUT2D eigenvalue weighted by atomic mass is 10.1. The fourth-order valence-electron chi connectivity index (χ4n) is 3.46. The zero-order chi connectivity index (χ0) is 16.4. The molecular weight excluding hydrogens is 316 g/mol. The van der Waals surface area contributed by atoms with Gasteiger partial charge >= 0.3 is 0 Å². The van der Waals surface area contributed by atoms with E-state index < -0.39 is 0 Å². The maximum absolute atomic E-state index is 4.58. The normalized spacial score (nSPS) is 17.5. The number of aromatic nitrogens is 3. The van der Waals surface area contributed by atoms with Crippen molar-refractivity contribution in [3.05, 3.63) is 64.0 Å². The second-order valence-electron chi connectivity index (χ2n) is 6.37. The van der Waals surface area contributed by atoms with Gasteiger partial charge in [-0.15, -0.1) is 11.3 Å². The van der Waals surface area contributed by atoms with Gasteiger partial charge in [-0.25, -0.2) is 9.97 Å². The molecule has 0 saturated heterocycles. The Bertz CT molecular complexity index is 820. The molecule has 0 aromatic carbocycles. The van der Waals surface area contributed by atoms with Gasteiger partial charge in [-0.1, -0.05) is 6.07 Å². The molecule has 1 aliphatic carbocycles. The SMILES string of the molecule is Cc1nccn1-c1ncccc1CNC1CCCc2sccc2C1. The summed E-state index contributed by atoms with van der Waals surface area (Å²) in [6.45, 7) is 2.85. The summed E-state index contributed by atoms with van der Waals surface area (Å²) in [6.07, 6.45) is 10.5. The number of thiophene rings is 1. The highest BCUT2D eigenvalue weighted by atomic mass is 32.1. The van der Waals surface area contributed by atoms with Crippen LogP contribution in [0.15, 0.2) is 42.2 Å². The van der Waals surface area contributed by atoms with Gasteiger partial charge in [0.05, 0.1) is 0 Å². The number of hydrogen-bond acceptors (Lipinski definition) is 4. The Morgan fingerprint density at radius 2 is 2.25 bits per heavy atom. The van der Waals surface area contributed by atoms with Gasteiger partial charge in [0.25, 0.3) is 0 Å². The Morgan fingerprint density at radius 1 is 1.29 bits per heavy atom. The smallest absolute Gasteiger partial charge is 0.142 e. The first-order valence-electron chi connectivity index (χ1n) is 8.54. The van der Waals surface area contributed by atoms with Crippen LogP contribution in [-0.4, -0.2) is 20.6 Å². The molecule has 3 aromatic rings. The fourth-order valence-corrected chi connectivity index (χ4v) is 4.42. The Morgan fingerprint density at radius 3 is 3.12 bits per heavy atom. The van der Waals surface area contributed by atoms with Crippen molar-refractivity contribution in [3.8, 4) is 5.82 Å². The number of aryl methyl sites for hydroxylation is 2. The molecule has 0 fully saturated rings. The van der Waals surface area contributed by atoms with Crippen molar-refractivity contribution < 1.29 is 0 Å². The zero-order valence-electron chi connectivity index (χ0n) is 13.9. The van der Waals surface area contributed by atoms with Gasteiger partial charge in [-0.05, 0) is 55.7 Å². The molecule has 124 valence electrons. The number of pyridine rings is 1. The molecule has 0 aliphatic heterocycles. The highest BCUT2D eigenvalue weighted by Gasteiger charge is 2.18. The van der Waals surface area contributed by atoms with Crippen molar-refractivity contribution in [3.63, 3.8) is 0 Å². The molecule has 0 amide bonds. The minimum Gasteiger partial charge on any atom is -0.309 e. The van der Waals surface area contributed by atoms with Crippen LogP contribution in [-0.2, 0) is 19.4 Å². The average Bonchev–Trinajstić information content (AvgIpc) is 3.17. The van der Waals surface area contributed by atoms with Crippen molar-refractivity contribution in [2.45, 2.75) is 45.2 Å². The van der Waals surface area contributed by atoms with Crippen molar-refractivity contribution in [2.75, 3.05) is 0 Å². The lowest BCUT2D eigenvalue weighted by Crippen LogP contribution is -2.30. The largest absolute Gasteiger partial charge is 0.309 e. The molecule has 3 aromatic heterocycles. The van der Waals surface area contributed by atoms with Crippen LogP contribution >= 0.6 is 11.3 Å². The van der Waals surface area contributed by atoms with Crippen LogP contribution in [0.4, 0.5) is 0 Å². The highest BCUT2D eigenvalue weighted by molar-refractivity contribution is 7.10. The molecule has 0 spiro atoms. The van der Waals surface area contributed by atoms with Crippen LogP contribution in [0.3, 0.4) is 0 Å². The van der Waals surface area contributed by atoms with Crippen molar-refractivity contribution >= 4 is 11.3 Å². The molecule has 4 nitrogen and oxygen atoms in total. The predicted octanol–water partition coefficient (Wildman–Crippen LogP) is 3.67. The van der Waals surface area contributed by atoms with E-state index in [9.17, 15) is 0 Å². The predicted molar refractivity (Wildman–Crippen MR) is 97.7 cm³/mol. The third kappa shape index (κ3) is 3.14. The van der Waals surface area contributed by atoms with E-state index in [0.29, 0.717) is 6.04 Å². The summed E-state index contributed by atoms with van der Waals surface area (Å²) in [4.78, 5) is 10.5. The van der Waals surface area contributed by atoms with Gasteiger partial charge in [0.15, 0.2) is 0 Å². The zero-order valence-corrected chi connectivity index (χ0v) is 14.7. The van der Waals surface area contributed by atoms with E-state index in [4.69, 9.17) is 0 Å². The average molecular weight is 338 g/mol. The van der Waals surface area contributed by atoms with E-state index in [-0.39, 0.29) is 0 Å². The highest BCUT2D eigenvalue weighted by Crippen LogP contribution is 2.25. The lowest BCUT2D eigenvalue weighted by Gasteiger charge is -2.18. The number of rotatable bonds is 4. The standard InChI is InChI=1S/C19H22N4S/c1-14-20-9-10-23(14)19-16(4-3-8-21-19)13-22-17-5-2-6-18-15(12-17)7-11-24-18/h3-4,7-11,17,22H,2,5-6,12-13H2,1H3. The summed E-state index contributed by atoms with van der Waals surface area (Å²) in [5, 5.41) is 5.99. The Hall–Kier alpha value is -1.98. The van der Waals surface area contributed by atoms with E-state index in [2.05, 4.69) is 37.4 Å². The summed E-state index contributed by atoms with van der Waals surface area (Å²) in [7, 11) is 0. The maximum atomic E-state index is 4.58. The number of hydrogen-bond donors (Lipinski definition) is 1. The summed E-state index contributed by atoms with van der Waals surface area (Å²) < 4.78 is 2.06. The molecular formula is C19H22N4S. The van der Waals surface area contributed by atoms with Gasteiger partial charge in [0.1, 0.15) is 11.6 Å². The first-order chi connectivity index (χ1) is 11.8. The van der Waals surface area contributed by atoms with Gasteiger partial charge in [-0.3, -0.25) is 4.57 Å². The molecule has 24 heavy (non-hydrogen) atoms. The van der Waals surface area contributed by atoms with E-state index in [1.807, 2.05) is 42.9 Å². The molecule has 1 N–H and O–H groups in total. The van der Waals surface area contributed by atoms with Crippen molar-refractivity contribution in [1.29, 1.82) is 0 Å². The molecule has 0 bridgehead atoms. The maximum Gasteiger partial charge on any atom is 0.142 e. The second kappa shape index (κ2) is 6.87. The first-order valence-corrected chi connectivity index (χ1v) is 9.42. The third-order valence-electron chi connectivity index (χ3n) is 4.76. The van der Waals surface area contributed by atoms with Crippen LogP contribution in [0.25, 0.3) is 5.82 Å². The van der Waals surface area contributed by atoms with Crippen LogP contribution < -0.4 is 5.32 Å².